The SMILES string of the molecule is C[C@@H]1CC[C@@H](c2cccc(F)c2F)[C@H](N)c2cccnc21. The molecule has 110 valence electrons. The van der Waals surface area contributed by atoms with E-state index in [0.29, 0.717) is 5.56 Å². The van der Waals surface area contributed by atoms with Crippen LogP contribution in [-0.4, -0.2) is 4.98 Å². The molecule has 2 N–H and O–H groups in total. The largest absolute Gasteiger partial charge is 0.323 e. The number of pyridine rings is 1. The highest BCUT2D eigenvalue weighted by Crippen LogP contribution is 2.42. The van der Waals surface area contributed by atoms with Gasteiger partial charge < -0.3 is 5.73 Å². The van der Waals surface area contributed by atoms with E-state index in [4.69, 9.17) is 5.73 Å². The molecular formula is C17H18F2N2. The van der Waals surface area contributed by atoms with Crippen LogP contribution in [0.4, 0.5) is 8.78 Å². The number of hydrogen-bond donors (Lipinski definition) is 1. The summed E-state index contributed by atoms with van der Waals surface area (Å²) in [7, 11) is 0. The maximum atomic E-state index is 14.1. The summed E-state index contributed by atoms with van der Waals surface area (Å²) >= 11 is 0. The Morgan fingerprint density at radius 1 is 1.10 bits per heavy atom. The average Bonchev–Trinajstić information content (AvgIpc) is 2.62. The number of nitrogens with zero attached hydrogens (tertiary/aromatic N) is 1. The Labute approximate surface area is 123 Å². The first kappa shape index (κ1) is 14.1. The zero-order valence-electron chi connectivity index (χ0n) is 11.9. The maximum Gasteiger partial charge on any atom is 0.162 e. The Hall–Kier alpha value is -1.81. The van der Waals surface area contributed by atoms with Gasteiger partial charge in [0, 0.05) is 23.9 Å². The number of nitrogens with two attached hydrogens (primary N) is 1. The lowest BCUT2D eigenvalue weighted by atomic mass is 9.86. The molecule has 1 aromatic heterocycles. The molecule has 0 amide bonds. The number of benzene rings is 1. The molecule has 0 aliphatic heterocycles. The quantitative estimate of drug-likeness (QED) is 0.804. The van der Waals surface area contributed by atoms with Crippen LogP contribution in [0.2, 0.25) is 0 Å². The predicted octanol–water partition coefficient (Wildman–Crippen LogP) is 4.04. The first-order valence-electron chi connectivity index (χ1n) is 7.24. The van der Waals surface area contributed by atoms with Gasteiger partial charge in [-0.2, -0.15) is 0 Å². The molecule has 1 heterocycles. The topological polar surface area (TPSA) is 38.9 Å². The molecule has 2 nitrogen and oxygen atoms in total. The molecule has 1 aromatic carbocycles. The fourth-order valence-electron chi connectivity index (χ4n) is 3.24. The average molecular weight is 288 g/mol. The standard InChI is InChI=1S/C17H18F2N2/c1-10-7-8-12(11-4-2-6-14(18)15(11)19)16(20)13-5-3-9-21-17(10)13/h2-6,9-10,12,16H,7-8,20H2,1H3/t10-,12+,16+/m1/s1. The van der Waals surface area contributed by atoms with Gasteiger partial charge in [-0.15, -0.1) is 0 Å². The summed E-state index contributed by atoms with van der Waals surface area (Å²) in [4.78, 5) is 4.43. The highest BCUT2D eigenvalue weighted by Gasteiger charge is 2.31. The van der Waals surface area contributed by atoms with Crippen molar-refractivity contribution >= 4 is 0 Å². The van der Waals surface area contributed by atoms with E-state index in [1.165, 1.54) is 0 Å². The van der Waals surface area contributed by atoms with Gasteiger partial charge in [0.05, 0.1) is 0 Å². The normalized spacial score (nSPS) is 25.2. The summed E-state index contributed by atoms with van der Waals surface area (Å²) < 4.78 is 27.6. The van der Waals surface area contributed by atoms with E-state index in [-0.39, 0.29) is 17.9 Å². The summed E-state index contributed by atoms with van der Waals surface area (Å²) in [5.74, 6) is -1.55. The Morgan fingerprint density at radius 2 is 1.86 bits per heavy atom. The molecule has 3 rings (SSSR count). The molecule has 0 bridgehead atoms. The monoisotopic (exact) mass is 288 g/mol. The molecule has 0 saturated heterocycles. The summed E-state index contributed by atoms with van der Waals surface area (Å²) in [5.41, 5.74) is 8.66. The van der Waals surface area contributed by atoms with Crippen molar-refractivity contribution in [2.45, 2.75) is 37.6 Å². The van der Waals surface area contributed by atoms with Gasteiger partial charge in [-0.1, -0.05) is 25.1 Å². The summed E-state index contributed by atoms with van der Waals surface area (Å²) in [6, 6.07) is 7.73. The van der Waals surface area contributed by atoms with Gasteiger partial charge in [0.1, 0.15) is 0 Å². The third-order valence-corrected chi connectivity index (χ3v) is 4.42. The van der Waals surface area contributed by atoms with Gasteiger partial charge >= 0.3 is 0 Å². The molecule has 0 unspecified atom stereocenters. The number of hydrogen-bond acceptors (Lipinski definition) is 2. The molecule has 3 atom stereocenters. The molecule has 0 fully saturated rings. The highest BCUT2D eigenvalue weighted by molar-refractivity contribution is 5.34. The maximum absolute atomic E-state index is 14.1. The fraction of sp³-hybridized carbons (Fsp3) is 0.353. The van der Waals surface area contributed by atoms with Crippen LogP contribution in [0.25, 0.3) is 0 Å². The molecular weight excluding hydrogens is 270 g/mol. The number of fused-ring (bicyclic) bond motifs is 1. The number of halogens is 2. The van der Waals surface area contributed by atoms with Gasteiger partial charge in [-0.05, 0) is 42.0 Å². The minimum atomic E-state index is -0.816. The lowest BCUT2D eigenvalue weighted by molar-refractivity contribution is 0.451. The van der Waals surface area contributed by atoms with Crippen LogP contribution in [0.1, 0.15) is 54.5 Å². The Bertz CT molecular complexity index is 657. The Morgan fingerprint density at radius 3 is 2.67 bits per heavy atom. The van der Waals surface area contributed by atoms with Crippen LogP contribution in [0, 0.1) is 11.6 Å². The van der Waals surface area contributed by atoms with Crippen molar-refractivity contribution in [1.82, 2.24) is 4.98 Å². The van der Waals surface area contributed by atoms with Crippen LogP contribution in [0.3, 0.4) is 0 Å². The molecule has 1 aliphatic rings. The molecule has 21 heavy (non-hydrogen) atoms. The molecule has 1 aliphatic carbocycles. The second kappa shape index (κ2) is 5.53. The van der Waals surface area contributed by atoms with E-state index in [2.05, 4.69) is 11.9 Å². The zero-order chi connectivity index (χ0) is 15.0. The molecule has 0 saturated carbocycles. The lowest BCUT2D eigenvalue weighted by Gasteiger charge is -2.23. The third-order valence-electron chi connectivity index (χ3n) is 4.42. The molecule has 0 radical (unpaired) electrons. The van der Waals surface area contributed by atoms with Gasteiger partial charge in [-0.3, -0.25) is 4.98 Å². The molecule has 0 spiro atoms. The highest BCUT2D eigenvalue weighted by atomic mass is 19.2. The predicted molar refractivity (Wildman–Crippen MR) is 77.9 cm³/mol. The Kier molecular flexibility index (Phi) is 3.72. The van der Waals surface area contributed by atoms with Crippen molar-refractivity contribution in [3.05, 3.63) is 65.0 Å². The van der Waals surface area contributed by atoms with Crippen molar-refractivity contribution in [3.63, 3.8) is 0 Å². The fourth-order valence-corrected chi connectivity index (χ4v) is 3.24. The van der Waals surface area contributed by atoms with Crippen molar-refractivity contribution in [2.75, 3.05) is 0 Å². The van der Waals surface area contributed by atoms with Crippen molar-refractivity contribution in [3.8, 4) is 0 Å². The van der Waals surface area contributed by atoms with E-state index in [0.717, 1.165) is 30.2 Å². The van der Waals surface area contributed by atoms with Gasteiger partial charge in [0.2, 0.25) is 0 Å². The van der Waals surface area contributed by atoms with Gasteiger partial charge in [-0.25, -0.2) is 8.78 Å². The van der Waals surface area contributed by atoms with E-state index in [9.17, 15) is 8.78 Å². The van der Waals surface area contributed by atoms with Crippen molar-refractivity contribution in [2.24, 2.45) is 5.73 Å². The van der Waals surface area contributed by atoms with Crippen LogP contribution in [-0.2, 0) is 0 Å². The third kappa shape index (κ3) is 2.44. The van der Waals surface area contributed by atoms with E-state index in [1.807, 2.05) is 12.1 Å². The molecule has 2 aromatic rings. The van der Waals surface area contributed by atoms with Crippen LogP contribution < -0.4 is 5.73 Å². The summed E-state index contributed by atoms with van der Waals surface area (Å²) in [6.07, 6.45) is 3.34. The van der Waals surface area contributed by atoms with Gasteiger partial charge in [0.25, 0.3) is 0 Å². The van der Waals surface area contributed by atoms with Gasteiger partial charge in [0.15, 0.2) is 11.6 Å². The number of rotatable bonds is 1. The smallest absolute Gasteiger partial charge is 0.162 e. The van der Waals surface area contributed by atoms with Crippen molar-refractivity contribution in [1.29, 1.82) is 0 Å². The van der Waals surface area contributed by atoms with Crippen molar-refractivity contribution < 1.29 is 8.78 Å². The van der Waals surface area contributed by atoms with E-state index < -0.39 is 11.6 Å². The second-order valence-electron chi connectivity index (χ2n) is 5.73. The summed E-state index contributed by atoms with van der Waals surface area (Å²) in [6.45, 7) is 2.10. The summed E-state index contributed by atoms with van der Waals surface area (Å²) in [5, 5.41) is 0. The zero-order valence-corrected chi connectivity index (χ0v) is 11.9. The first-order chi connectivity index (χ1) is 10.1. The minimum absolute atomic E-state index is 0.228. The van der Waals surface area contributed by atoms with Crippen LogP contribution >= 0.6 is 0 Å². The van der Waals surface area contributed by atoms with Crippen LogP contribution in [0.15, 0.2) is 36.5 Å². The number of aromatic nitrogens is 1. The second-order valence-corrected chi connectivity index (χ2v) is 5.73. The van der Waals surface area contributed by atoms with E-state index >= 15 is 0 Å². The first-order valence-corrected chi connectivity index (χ1v) is 7.24. The Balaban J connectivity index is 2.07. The molecule has 4 heteroatoms. The van der Waals surface area contributed by atoms with Crippen LogP contribution in [0.5, 0.6) is 0 Å². The minimum Gasteiger partial charge on any atom is -0.323 e. The lowest BCUT2D eigenvalue weighted by Crippen LogP contribution is -2.21. The van der Waals surface area contributed by atoms with E-state index in [1.54, 1.807) is 18.3 Å².